The largest absolute Gasteiger partial charge is 0.478 e. The molecular weight excluding hydrogens is 185 g/mol. The van der Waals surface area contributed by atoms with Gasteiger partial charge in [-0.2, -0.15) is 0 Å². The fourth-order valence-electron chi connectivity index (χ4n) is 1.27. The summed E-state index contributed by atoms with van der Waals surface area (Å²) in [5.41, 5.74) is 0.229. The summed E-state index contributed by atoms with van der Waals surface area (Å²) in [6.45, 7) is 1.99. The molecule has 1 heterocycles. The van der Waals surface area contributed by atoms with Crippen LogP contribution in [0, 0.1) is 5.82 Å². The smallest absolute Gasteiger partial charge is 0.339 e. The zero-order valence-electron chi connectivity index (χ0n) is 7.96. The maximum Gasteiger partial charge on any atom is 0.339 e. The standard InChI is InChI=1S/C10H12FNO2/c1-2-3-4-7-5-12-6-8(11)9(7)10(13)14/h5-6H,2-4H2,1H3,(H,13,14). The molecule has 0 saturated heterocycles. The minimum Gasteiger partial charge on any atom is -0.478 e. The quantitative estimate of drug-likeness (QED) is 0.805. The number of carbonyl (C=O) groups is 1. The van der Waals surface area contributed by atoms with E-state index in [-0.39, 0.29) is 5.56 Å². The van der Waals surface area contributed by atoms with Gasteiger partial charge in [0.15, 0.2) is 5.82 Å². The van der Waals surface area contributed by atoms with Crippen LogP contribution in [0.3, 0.4) is 0 Å². The molecule has 0 radical (unpaired) electrons. The molecule has 0 spiro atoms. The zero-order valence-corrected chi connectivity index (χ0v) is 7.96. The van der Waals surface area contributed by atoms with E-state index in [1.54, 1.807) is 0 Å². The number of hydrogen-bond acceptors (Lipinski definition) is 2. The van der Waals surface area contributed by atoms with Gasteiger partial charge in [-0.3, -0.25) is 4.98 Å². The third kappa shape index (κ3) is 2.28. The number of halogens is 1. The number of carboxylic acid groups (broad SMARTS) is 1. The monoisotopic (exact) mass is 197 g/mol. The Labute approximate surface area is 81.6 Å². The van der Waals surface area contributed by atoms with Crippen molar-refractivity contribution in [2.45, 2.75) is 26.2 Å². The highest BCUT2D eigenvalue weighted by Crippen LogP contribution is 2.14. The molecule has 0 aliphatic carbocycles. The Kier molecular flexibility index (Phi) is 3.56. The van der Waals surface area contributed by atoms with Crippen LogP contribution in [0.15, 0.2) is 12.4 Å². The van der Waals surface area contributed by atoms with Gasteiger partial charge in [-0.1, -0.05) is 13.3 Å². The summed E-state index contributed by atoms with van der Waals surface area (Å²) in [6, 6.07) is 0. The summed E-state index contributed by atoms with van der Waals surface area (Å²) in [5, 5.41) is 8.78. The summed E-state index contributed by atoms with van der Waals surface area (Å²) in [5.74, 6) is -1.98. The normalized spacial score (nSPS) is 10.1. The van der Waals surface area contributed by atoms with Crippen molar-refractivity contribution in [2.75, 3.05) is 0 Å². The van der Waals surface area contributed by atoms with Crippen LogP contribution in [0.1, 0.15) is 35.7 Å². The summed E-state index contributed by atoms with van der Waals surface area (Å²) < 4.78 is 13.1. The van der Waals surface area contributed by atoms with Crippen molar-refractivity contribution in [3.8, 4) is 0 Å². The van der Waals surface area contributed by atoms with Crippen LogP contribution in [0.2, 0.25) is 0 Å². The van der Waals surface area contributed by atoms with Crippen LogP contribution in [0.5, 0.6) is 0 Å². The molecule has 1 aromatic heterocycles. The molecule has 3 nitrogen and oxygen atoms in total. The first-order valence-electron chi connectivity index (χ1n) is 4.52. The number of pyridine rings is 1. The van der Waals surface area contributed by atoms with E-state index in [0.29, 0.717) is 12.0 Å². The third-order valence-electron chi connectivity index (χ3n) is 1.99. The number of nitrogens with zero attached hydrogens (tertiary/aromatic N) is 1. The van der Waals surface area contributed by atoms with E-state index in [9.17, 15) is 9.18 Å². The second-order valence-electron chi connectivity index (χ2n) is 3.06. The Morgan fingerprint density at radius 1 is 1.57 bits per heavy atom. The predicted octanol–water partition coefficient (Wildman–Crippen LogP) is 2.26. The molecule has 1 N–H and O–H groups in total. The van der Waals surface area contributed by atoms with Gasteiger partial charge in [0.05, 0.1) is 6.20 Å². The fraction of sp³-hybridized carbons (Fsp3) is 0.400. The average molecular weight is 197 g/mol. The number of carboxylic acids is 1. The van der Waals surface area contributed by atoms with Gasteiger partial charge in [0.25, 0.3) is 0 Å². The number of unbranched alkanes of at least 4 members (excludes halogenated alkanes) is 1. The van der Waals surface area contributed by atoms with Crippen LogP contribution in [-0.2, 0) is 6.42 Å². The summed E-state index contributed by atoms with van der Waals surface area (Å²) in [4.78, 5) is 14.4. The molecule has 0 bridgehead atoms. The van der Waals surface area contributed by atoms with E-state index in [0.717, 1.165) is 19.0 Å². The lowest BCUT2D eigenvalue weighted by Gasteiger charge is -2.04. The highest BCUT2D eigenvalue weighted by molar-refractivity contribution is 5.89. The van der Waals surface area contributed by atoms with Crippen LogP contribution >= 0.6 is 0 Å². The van der Waals surface area contributed by atoms with Gasteiger partial charge in [-0.25, -0.2) is 9.18 Å². The number of rotatable bonds is 4. The molecule has 0 unspecified atom stereocenters. The Hall–Kier alpha value is -1.45. The van der Waals surface area contributed by atoms with Crippen molar-refractivity contribution >= 4 is 5.97 Å². The lowest BCUT2D eigenvalue weighted by atomic mass is 10.0. The summed E-state index contributed by atoms with van der Waals surface area (Å²) in [6.07, 6.45) is 4.69. The van der Waals surface area contributed by atoms with E-state index in [1.165, 1.54) is 6.20 Å². The molecule has 1 rings (SSSR count). The molecule has 0 aliphatic heterocycles. The molecule has 0 fully saturated rings. The predicted molar refractivity (Wildman–Crippen MR) is 49.8 cm³/mol. The molecule has 4 heteroatoms. The van der Waals surface area contributed by atoms with Gasteiger partial charge in [0.1, 0.15) is 5.56 Å². The van der Waals surface area contributed by atoms with Crippen LogP contribution < -0.4 is 0 Å². The van der Waals surface area contributed by atoms with Gasteiger partial charge in [0, 0.05) is 6.20 Å². The third-order valence-corrected chi connectivity index (χ3v) is 1.99. The second-order valence-corrected chi connectivity index (χ2v) is 3.06. The molecule has 0 aromatic carbocycles. The Morgan fingerprint density at radius 3 is 2.86 bits per heavy atom. The van der Waals surface area contributed by atoms with E-state index >= 15 is 0 Å². The highest BCUT2D eigenvalue weighted by atomic mass is 19.1. The number of aryl methyl sites for hydroxylation is 1. The molecule has 0 aliphatic rings. The molecule has 0 atom stereocenters. The summed E-state index contributed by atoms with van der Waals surface area (Å²) >= 11 is 0. The number of aromatic carboxylic acids is 1. The van der Waals surface area contributed by atoms with E-state index < -0.39 is 11.8 Å². The van der Waals surface area contributed by atoms with Crippen LogP contribution in [0.25, 0.3) is 0 Å². The van der Waals surface area contributed by atoms with Crippen molar-refractivity contribution in [3.05, 3.63) is 29.3 Å². The van der Waals surface area contributed by atoms with Gasteiger partial charge in [-0.05, 0) is 18.4 Å². The highest BCUT2D eigenvalue weighted by Gasteiger charge is 2.15. The first kappa shape index (κ1) is 10.6. The van der Waals surface area contributed by atoms with E-state index in [1.807, 2.05) is 6.92 Å². The second kappa shape index (κ2) is 4.69. The Morgan fingerprint density at radius 2 is 2.29 bits per heavy atom. The molecule has 0 saturated carbocycles. The first-order chi connectivity index (χ1) is 6.66. The Bertz CT molecular complexity index is 339. The van der Waals surface area contributed by atoms with E-state index in [2.05, 4.69) is 4.98 Å². The minimum absolute atomic E-state index is 0.242. The van der Waals surface area contributed by atoms with Crippen molar-refractivity contribution in [1.82, 2.24) is 4.98 Å². The maximum absolute atomic E-state index is 13.1. The van der Waals surface area contributed by atoms with Crippen molar-refractivity contribution in [3.63, 3.8) is 0 Å². The van der Waals surface area contributed by atoms with Gasteiger partial charge >= 0.3 is 5.97 Å². The minimum atomic E-state index is -1.23. The summed E-state index contributed by atoms with van der Waals surface area (Å²) in [7, 11) is 0. The molecule has 1 aromatic rings. The molecule has 0 amide bonds. The lowest BCUT2D eigenvalue weighted by molar-refractivity contribution is 0.0690. The van der Waals surface area contributed by atoms with Gasteiger partial charge in [-0.15, -0.1) is 0 Å². The average Bonchev–Trinajstić information content (AvgIpc) is 2.14. The lowest BCUT2D eigenvalue weighted by Crippen LogP contribution is -2.06. The zero-order chi connectivity index (χ0) is 10.6. The molecular formula is C10H12FNO2. The molecule has 76 valence electrons. The van der Waals surface area contributed by atoms with Crippen molar-refractivity contribution in [2.24, 2.45) is 0 Å². The molecule has 14 heavy (non-hydrogen) atoms. The van der Waals surface area contributed by atoms with Crippen molar-refractivity contribution in [1.29, 1.82) is 0 Å². The number of aromatic nitrogens is 1. The SMILES string of the molecule is CCCCc1cncc(F)c1C(=O)O. The van der Waals surface area contributed by atoms with Gasteiger partial charge in [0.2, 0.25) is 0 Å². The van der Waals surface area contributed by atoms with Crippen LogP contribution in [0.4, 0.5) is 4.39 Å². The fourth-order valence-corrected chi connectivity index (χ4v) is 1.27. The van der Waals surface area contributed by atoms with Crippen LogP contribution in [-0.4, -0.2) is 16.1 Å². The maximum atomic E-state index is 13.1. The van der Waals surface area contributed by atoms with E-state index in [4.69, 9.17) is 5.11 Å². The number of hydrogen-bond donors (Lipinski definition) is 1. The first-order valence-corrected chi connectivity index (χ1v) is 4.52. The van der Waals surface area contributed by atoms with Gasteiger partial charge < -0.3 is 5.11 Å². The van der Waals surface area contributed by atoms with Crippen molar-refractivity contribution < 1.29 is 14.3 Å². The topological polar surface area (TPSA) is 50.2 Å². The Balaban J connectivity index is 3.02.